The lowest BCUT2D eigenvalue weighted by Gasteiger charge is -2.11. The van der Waals surface area contributed by atoms with Gasteiger partial charge in [0.1, 0.15) is 11.9 Å². The molecule has 106 valence electrons. The standard InChI is InChI=1S/C14H10ClFN4O/c15-9-5-4-8(7-17)12(6-9)19-14(21)10-2-1-3-11(16)13(10)20-18/h1-6,20H,18H2,(H,19,21). The van der Waals surface area contributed by atoms with Crippen molar-refractivity contribution in [3.8, 4) is 6.07 Å². The molecule has 0 atom stereocenters. The van der Waals surface area contributed by atoms with Crippen LogP contribution in [-0.2, 0) is 0 Å². The predicted molar refractivity (Wildman–Crippen MR) is 78.3 cm³/mol. The minimum Gasteiger partial charge on any atom is -0.321 e. The van der Waals surface area contributed by atoms with Gasteiger partial charge >= 0.3 is 0 Å². The molecule has 0 saturated heterocycles. The summed E-state index contributed by atoms with van der Waals surface area (Å²) in [6, 6.07) is 10.3. The van der Waals surface area contributed by atoms with E-state index in [1.165, 1.54) is 36.4 Å². The van der Waals surface area contributed by atoms with Crippen LogP contribution < -0.4 is 16.6 Å². The number of hydrogen-bond acceptors (Lipinski definition) is 4. The molecule has 0 aliphatic rings. The van der Waals surface area contributed by atoms with E-state index in [4.69, 9.17) is 22.7 Å². The maximum atomic E-state index is 13.6. The summed E-state index contributed by atoms with van der Waals surface area (Å²) in [6.07, 6.45) is 0. The quantitative estimate of drug-likeness (QED) is 0.600. The summed E-state index contributed by atoms with van der Waals surface area (Å²) in [5.74, 6) is 3.95. The fourth-order valence-corrected chi connectivity index (χ4v) is 1.94. The maximum Gasteiger partial charge on any atom is 0.257 e. The first-order valence-electron chi connectivity index (χ1n) is 5.83. The number of amides is 1. The van der Waals surface area contributed by atoms with Crippen LogP contribution >= 0.6 is 11.6 Å². The largest absolute Gasteiger partial charge is 0.321 e. The van der Waals surface area contributed by atoms with Gasteiger partial charge in [0.25, 0.3) is 5.91 Å². The van der Waals surface area contributed by atoms with Crippen LogP contribution in [0, 0.1) is 17.1 Å². The number of halogens is 2. The van der Waals surface area contributed by atoms with Crippen molar-refractivity contribution in [3.63, 3.8) is 0 Å². The summed E-state index contributed by atoms with van der Waals surface area (Å²) < 4.78 is 13.6. The molecule has 5 nitrogen and oxygen atoms in total. The van der Waals surface area contributed by atoms with E-state index >= 15 is 0 Å². The van der Waals surface area contributed by atoms with Crippen molar-refractivity contribution in [2.24, 2.45) is 5.84 Å². The topological polar surface area (TPSA) is 90.9 Å². The molecule has 21 heavy (non-hydrogen) atoms. The van der Waals surface area contributed by atoms with Gasteiger partial charge in [0, 0.05) is 5.02 Å². The first kappa shape index (κ1) is 14.8. The van der Waals surface area contributed by atoms with E-state index in [9.17, 15) is 9.18 Å². The number of benzene rings is 2. The smallest absolute Gasteiger partial charge is 0.257 e. The van der Waals surface area contributed by atoms with Gasteiger partial charge in [-0.25, -0.2) is 4.39 Å². The molecule has 0 aliphatic carbocycles. The summed E-state index contributed by atoms with van der Waals surface area (Å²) >= 11 is 5.83. The van der Waals surface area contributed by atoms with Crippen molar-refractivity contribution in [1.29, 1.82) is 5.26 Å². The summed E-state index contributed by atoms with van der Waals surface area (Å²) in [5, 5.41) is 11.9. The van der Waals surface area contributed by atoms with Crippen molar-refractivity contribution in [2.75, 3.05) is 10.7 Å². The second kappa shape index (κ2) is 6.22. The number of rotatable bonds is 3. The summed E-state index contributed by atoms with van der Waals surface area (Å²) in [7, 11) is 0. The lowest BCUT2D eigenvalue weighted by Crippen LogP contribution is -2.18. The number of para-hydroxylation sites is 1. The third-order valence-electron chi connectivity index (χ3n) is 2.75. The number of nitrogen functional groups attached to an aromatic ring is 1. The number of nitrogens with two attached hydrogens (primary N) is 1. The molecular formula is C14H10ClFN4O. The molecule has 0 unspecified atom stereocenters. The molecule has 2 rings (SSSR count). The third kappa shape index (κ3) is 3.11. The summed E-state index contributed by atoms with van der Waals surface area (Å²) in [5.41, 5.74) is 2.51. The Morgan fingerprint density at radius 1 is 1.33 bits per heavy atom. The molecule has 1 amide bonds. The number of carbonyl (C=O) groups is 1. The molecule has 7 heteroatoms. The zero-order valence-corrected chi connectivity index (χ0v) is 11.4. The minimum absolute atomic E-state index is 0.0152. The zero-order chi connectivity index (χ0) is 15.4. The molecular weight excluding hydrogens is 295 g/mol. The van der Waals surface area contributed by atoms with Gasteiger partial charge in [-0.1, -0.05) is 17.7 Å². The van der Waals surface area contributed by atoms with Gasteiger partial charge in [-0.15, -0.1) is 0 Å². The van der Waals surface area contributed by atoms with Crippen LogP contribution in [0.15, 0.2) is 36.4 Å². The number of anilines is 2. The highest BCUT2D eigenvalue weighted by molar-refractivity contribution is 6.31. The summed E-state index contributed by atoms with van der Waals surface area (Å²) in [4.78, 5) is 12.2. The molecule has 0 radical (unpaired) electrons. The Morgan fingerprint density at radius 2 is 2.10 bits per heavy atom. The molecule has 0 saturated carbocycles. The SMILES string of the molecule is N#Cc1ccc(Cl)cc1NC(=O)c1cccc(F)c1NN. The first-order chi connectivity index (χ1) is 10.1. The lowest BCUT2D eigenvalue weighted by molar-refractivity contribution is 0.102. The number of nitrogens with zero attached hydrogens (tertiary/aromatic N) is 1. The molecule has 2 aromatic rings. The highest BCUT2D eigenvalue weighted by Gasteiger charge is 2.16. The third-order valence-corrected chi connectivity index (χ3v) is 2.99. The van der Waals surface area contributed by atoms with E-state index in [0.29, 0.717) is 5.02 Å². The van der Waals surface area contributed by atoms with Gasteiger partial charge in [-0.2, -0.15) is 5.26 Å². The fraction of sp³-hybridized carbons (Fsp3) is 0. The molecule has 0 aromatic heterocycles. The molecule has 0 bridgehead atoms. The van der Waals surface area contributed by atoms with Crippen molar-refractivity contribution in [3.05, 3.63) is 58.4 Å². The molecule has 0 fully saturated rings. The minimum atomic E-state index is -0.656. The van der Waals surface area contributed by atoms with E-state index in [1.807, 2.05) is 6.07 Å². The van der Waals surface area contributed by atoms with E-state index in [2.05, 4.69) is 10.7 Å². The monoisotopic (exact) mass is 304 g/mol. The van der Waals surface area contributed by atoms with Gasteiger partial charge in [0.05, 0.1) is 22.5 Å². The van der Waals surface area contributed by atoms with E-state index in [-0.39, 0.29) is 22.5 Å². The fourth-order valence-electron chi connectivity index (χ4n) is 1.77. The molecule has 4 N–H and O–H groups in total. The average molecular weight is 305 g/mol. The van der Waals surface area contributed by atoms with Crippen molar-refractivity contribution in [2.45, 2.75) is 0 Å². The van der Waals surface area contributed by atoms with Crippen LogP contribution in [0.1, 0.15) is 15.9 Å². The Kier molecular flexibility index (Phi) is 4.38. The number of nitrogens with one attached hydrogen (secondary N) is 2. The molecule has 0 spiro atoms. The Balaban J connectivity index is 2.38. The van der Waals surface area contributed by atoms with Gasteiger partial charge in [-0.3, -0.25) is 10.6 Å². The van der Waals surface area contributed by atoms with Gasteiger partial charge in [-0.05, 0) is 30.3 Å². The Labute approximate surface area is 125 Å². The second-order valence-corrected chi connectivity index (χ2v) is 4.50. The van der Waals surface area contributed by atoms with Gasteiger partial charge < -0.3 is 10.7 Å². The van der Waals surface area contributed by atoms with E-state index in [1.54, 1.807) is 0 Å². The van der Waals surface area contributed by atoms with Crippen molar-refractivity contribution in [1.82, 2.24) is 0 Å². The molecule has 2 aromatic carbocycles. The lowest BCUT2D eigenvalue weighted by atomic mass is 10.1. The van der Waals surface area contributed by atoms with Crippen LogP contribution in [-0.4, -0.2) is 5.91 Å². The predicted octanol–water partition coefficient (Wildman–Crippen LogP) is 2.89. The van der Waals surface area contributed by atoms with Crippen LogP contribution in [0.5, 0.6) is 0 Å². The van der Waals surface area contributed by atoms with Crippen molar-refractivity contribution < 1.29 is 9.18 Å². The zero-order valence-electron chi connectivity index (χ0n) is 10.7. The van der Waals surface area contributed by atoms with Crippen LogP contribution in [0.2, 0.25) is 5.02 Å². The number of hydrogen-bond donors (Lipinski definition) is 3. The number of carbonyl (C=O) groups excluding carboxylic acids is 1. The highest BCUT2D eigenvalue weighted by atomic mass is 35.5. The van der Waals surface area contributed by atoms with Gasteiger partial charge in [0.2, 0.25) is 0 Å². The van der Waals surface area contributed by atoms with Crippen LogP contribution in [0.4, 0.5) is 15.8 Å². The molecule has 0 aliphatic heterocycles. The Bertz CT molecular complexity index is 742. The van der Waals surface area contributed by atoms with E-state index in [0.717, 1.165) is 0 Å². The second-order valence-electron chi connectivity index (χ2n) is 4.06. The normalized spacial score (nSPS) is 9.81. The molecule has 0 heterocycles. The highest BCUT2D eigenvalue weighted by Crippen LogP contribution is 2.23. The Hall–Kier alpha value is -2.62. The van der Waals surface area contributed by atoms with Crippen molar-refractivity contribution >= 4 is 28.9 Å². The first-order valence-corrected chi connectivity index (χ1v) is 6.20. The average Bonchev–Trinajstić information content (AvgIpc) is 2.47. The van der Waals surface area contributed by atoms with Crippen LogP contribution in [0.3, 0.4) is 0 Å². The number of nitriles is 1. The van der Waals surface area contributed by atoms with E-state index < -0.39 is 11.7 Å². The summed E-state index contributed by atoms with van der Waals surface area (Å²) in [6.45, 7) is 0. The Morgan fingerprint density at radius 3 is 2.76 bits per heavy atom. The maximum absolute atomic E-state index is 13.6. The van der Waals surface area contributed by atoms with Gasteiger partial charge in [0.15, 0.2) is 0 Å². The number of hydrazine groups is 1. The van der Waals surface area contributed by atoms with Crippen LogP contribution in [0.25, 0.3) is 0 Å².